The quantitative estimate of drug-likeness (QED) is 0.501. The van der Waals surface area contributed by atoms with E-state index in [-0.39, 0.29) is 6.04 Å². The maximum absolute atomic E-state index is 10.3. The van der Waals surface area contributed by atoms with Crippen molar-refractivity contribution in [3.63, 3.8) is 0 Å². The molecule has 2 aliphatic rings. The van der Waals surface area contributed by atoms with Crippen LogP contribution in [0.4, 0.5) is 4.79 Å². The van der Waals surface area contributed by atoms with Gasteiger partial charge in [-0.1, -0.05) is 0 Å². The van der Waals surface area contributed by atoms with Crippen molar-refractivity contribution >= 4 is 6.09 Å². The molecule has 1 saturated heterocycles. The van der Waals surface area contributed by atoms with Gasteiger partial charge < -0.3 is 15.7 Å². The molecule has 1 aliphatic carbocycles. The predicted octanol–water partition coefficient (Wildman–Crippen LogP) is 0.00440. The molecule has 1 aliphatic heterocycles. The Morgan fingerprint density at radius 2 is 2.36 bits per heavy atom. The smallest absolute Gasteiger partial charge is 0.404 e. The topological polar surface area (TPSA) is 61.4 Å². The van der Waals surface area contributed by atoms with Crippen molar-refractivity contribution in [3.8, 4) is 0 Å². The third-order valence-corrected chi connectivity index (χ3v) is 2.67. The SMILES string of the molecule is O=C(O)N[C@@H]1C[C@H]2C[C@@H]1CN2. The molecule has 4 nitrogen and oxygen atoms in total. The molecule has 0 spiro atoms. The van der Waals surface area contributed by atoms with Crippen molar-refractivity contribution < 1.29 is 9.90 Å². The Bertz CT molecular complexity index is 183. The van der Waals surface area contributed by atoms with Crippen LogP contribution in [0.3, 0.4) is 0 Å². The number of hydrogen-bond donors (Lipinski definition) is 3. The molecule has 3 atom stereocenters. The van der Waals surface area contributed by atoms with E-state index < -0.39 is 6.09 Å². The van der Waals surface area contributed by atoms with Crippen LogP contribution in [0.15, 0.2) is 0 Å². The Kier molecular flexibility index (Phi) is 1.49. The summed E-state index contributed by atoms with van der Waals surface area (Å²) in [5, 5.41) is 14.3. The zero-order chi connectivity index (χ0) is 7.84. The van der Waals surface area contributed by atoms with Crippen molar-refractivity contribution in [3.05, 3.63) is 0 Å². The number of amides is 1. The highest BCUT2D eigenvalue weighted by Crippen LogP contribution is 2.30. The summed E-state index contributed by atoms with van der Waals surface area (Å²) in [5.41, 5.74) is 0. The summed E-state index contributed by atoms with van der Waals surface area (Å²) in [6, 6.07) is 0.774. The van der Waals surface area contributed by atoms with E-state index in [9.17, 15) is 4.79 Å². The molecule has 2 fully saturated rings. The van der Waals surface area contributed by atoms with Gasteiger partial charge in [0.25, 0.3) is 0 Å². The van der Waals surface area contributed by atoms with Crippen LogP contribution in [-0.4, -0.2) is 29.8 Å². The average Bonchev–Trinajstić information content (AvgIpc) is 2.45. The Hall–Kier alpha value is -0.770. The molecule has 0 radical (unpaired) electrons. The van der Waals surface area contributed by atoms with E-state index in [1.807, 2.05) is 0 Å². The lowest BCUT2D eigenvalue weighted by Gasteiger charge is -2.21. The fourth-order valence-electron chi connectivity index (χ4n) is 2.17. The van der Waals surface area contributed by atoms with E-state index in [1.165, 1.54) is 0 Å². The molecule has 0 aromatic heterocycles. The average molecular weight is 156 g/mol. The van der Waals surface area contributed by atoms with E-state index in [0.717, 1.165) is 19.4 Å². The van der Waals surface area contributed by atoms with Crippen molar-refractivity contribution in [2.45, 2.75) is 24.9 Å². The Balaban J connectivity index is 1.92. The molecule has 1 saturated carbocycles. The number of piperidine rings is 1. The molecule has 3 N–H and O–H groups in total. The summed E-state index contributed by atoms with van der Waals surface area (Å²) < 4.78 is 0. The second-order valence-electron chi connectivity index (χ2n) is 3.39. The van der Waals surface area contributed by atoms with Crippen molar-refractivity contribution in [1.29, 1.82) is 0 Å². The summed E-state index contributed by atoms with van der Waals surface area (Å²) in [6.07, 6.45) is 1.23. The zero-order valence-corrected chi connectivity index (χ0v) is 6.21. The van der Waals surface area contributed by atoms with E-state index >= 15 is 0 Å². The Labute approximate surface area is 65.0 Å². The number of nitrogens with one attached hydrogen (secondary N) is 2. The lowest BCUT2D eigenvalue weighted by Crippen LogP contribution is -2.43. The number of rotatable bonds is 1. The van der Waals surface area contributed by atoms with Crippen LogP contribution in [0.1, 0.15) is 12.8 Å². The summed E-state index contributed by atoms with van der Waals surface area (Å²) >= 11 is 0. The first-order chi connectivity index (χ1) is 5.25. The maximum Gasteiger partial charge on any atom is 0.404 e. The first-order valence-corrected chi connectivity index (χ1v) is 3.98. The predicted molar refractivity (Wildman–Crippen MR) is 39.5 cm³/mol. The first kappa shape index (κ1) is 6.91. The number of fused-ring (bicyclic) bond motifs is 2. The van der Waals surface area contributed by atoms with Gasteiger partial charge in [-0.2, -0.15) is 0 Å². The molecule has 1 amide bonds. The van der Waals surface area contributed by atoms with Gasteiger partial charge in [0.15, 0.2) is 0 Å². The number of carboxylic acid groups (broad SMARTS) is 1. The molecule has 4 heteroatoms. The van der Waals surface area contributed by atoms with Crippen molar-refractivity contribution in [2.75, 3.05) is 6.54 Å². The van der Waals surface area contributed by atoms with Crippen molar-refractivity contribution in [1.82, 2.24) is 10.6 Å². The highest BCUT2D eigenvalue weighted by molar-refractivity contribution is 5.65. The molecule has 2 rings (SSSR count). The highest BCUT2D eigenvalue weighted by atomic mass is 16.4. The number of carbonyl (C=O) groups is 1. The molecular formula is C7H12N2O2. The van der Waals surface area contributed by atoms with Crippen LogP contribution in [0.25, 0.3) is 0 Å². The van der Waals surface area contributed by atoms with Crippen molar-refractivity contribution in [2.24, 2.45) is 5.92 Å². The van der Waals surface area contributed by atoms with Gasteiger partial charge in [0.2, 0.25) is 0 Å². The third kappa shape index (κ3) is 1.18. The van der Waals surface area contributed by atoms with Gasteiger partial charge >= 0.3 is 6.09 Å². The maximum atomic E-state index is 10.3. The number of hydrogen-bond acceptors (Lipinski definition) is 2. The molecular weight excluding hydrogens is 144 g/mol. The minimum Gasteiger partial charge on any atom is -0.465 e. The molecule has 2 bridgehead atoms. The van der Waals surface area contributed by atoms with Crippen LogP contribution in [-0.2, 0) is 0 Å². The largest absolute Gasteiger partial charge is 0.465 e. The lowest BCUT2D eigenvalue weighted by atomic mass is 10.0. The van der Waals surface area contributed by atoms with Crippen LogP contribution >= 0.6 is 0 Å². The van der Waals surface area contributed by atoms with Crippen LogP contribution in [0.5, 0.6) is 0 Å². The molecule has 11 heavy (non-hydrogen) atoms. The minimum atomic E-state index is -0.887. The lowest BCUT2D eigenvalue weighted by molar-refractivity contribution is 0.185. The van der Waals surface area contributed by atoms with Crippen LogP contribution in [0.2, 0.25) is 0 Å². The van der Waals surface area contributed by atoms with Gasteiger partial charge in [0.05, 0.1) is 0 Å². The van der Waals surface area contributed by atoms with E-state index in [4.69, 9.17) is 5.11 Å². The standard InChI is InChI=1S/C7H12N2O2/c10-7(11)9-6-2-5-1-4(6)3-8-5/h4-6,8-9H,1-3H2,(H,10,11)/t4-,5-,6-/m1/s1. The summed E-state index contributed by atoms with van der Waals surface area (Å²) in [4.78, 5) is 10.3. The zero-order valence-electron chi connectivity index (χ0n) is 6.21. The molecule has 0 unspecified atom stereocenters. The summed E-state index contributed by atoms with van der Waals surface area (Å²) in [6.45, 7) is 0.982. The van der Waals surface area contributed by atoms with Gasteiger partial charge in [0, 0.05) is 18.6 Å². The van der Waals surface area contributed by atoms with E-state index in [1.54, 1.807) is 0 Å². The highest BCUT2D eigenvalue weighted by Gasteiger charge is 2.39. The van der Waals surface area contributed by atoms with Gasteiger partial charge in [-0.25, -0.2) is 4.79 Å². The molecule has 1 heterocycles. The van der Waals surface area contributed by atoms with Crippen LogP contribution < -0.4 is 10.6 Å². The van der Waals surface area contributed by atoms with Crippen LogP contribution in [0, 0.1) is 5.92 Å². The van der Waals surface area contributed by atoms with Gasteiger partial charge in [-0.15, -0.1) is 0 Å². The third-order valence-electron chi connectivity index (χ3n) is 2.67. The molecule has 62 valence electrons. The fraction of sp³-hybridized carbons (Fsp3) is 0.857. The monoisotopic (exact) mass is 156 g/mol. The Morgan fingerprint density at radius 1 is 1.55 bits per heavy atom. The normalized spacial score (nSPS) is 40.9. The van der Waals surface area contributed by atoms with Gasteiger partial charge in [-0.3, -0.25) is 0 Å². The molecule has 0 aromatic rings. The second-order valence-corrected chi connectivity index (χ2v) is 3.39. The summed E-state index contributed by atoms with van der Waals surface area (Å²) in [5.74, 6) is 0.538. The first-order valence-electron chi connectivity index (χ1n) is 3.98. The van der Waals surface area contributed by atoms with E-state index in [2.05, 4.69) is 10.6 Å². The van der Waals surface area contributed by atoms with Gasteiger partial charge in [-0.05, 0) is 18.8 Å². The molecule has 0 aromatic carbocycles. The second kappa shape index (κ2) is 2.37. The van der Waals surface area contributed by atoms with E-state index in [0.29, 0.717) is 12.0 Å². The summed E-state index contributed by atoms with van der Waals surface area (Å²) in [7, 11) is 0. The fourth-order valence-corrected chi connectivity index (χ4v) is 2.17. The minimum absolute atomic E-state index is 0.207. The van der Waals surface area contributed by atoms with Gasteiger partial charge in [0.1, 0.15) is 0 Å². The Morgan fingerprint density at radius 3 is 2.82 bits per heavy atom.